The Morgan fingerprint density at radius 2 is 2.16 bits per heavy atom. The van der Waals surface area contributed by atoms with Crippen molar-refractivity contribution in [3.05, 3.63) is 22.9 Å². The molecule has 0 aromatic carbocycles. The van der Waals surface area contributed by atoms with Gasteiger partial charge >= 0.3 is 18.1 Å². The normalized spacial score (nSPS) is 14.8. The maximum Gasteiger partial charge on any atom is 0.471 e. The highest BCUT2D eigenvalue weighted by Gasteiger charge is 2.38. The van der Waals surface area contributed by atoms with Gasteiger partial charge in [0.2, 0.25) is 5.82 Å². The Morgan fingerprint density at radius 1 is 1.44 bits per heavy atom. The van der Waals surface area contributed by atoms with E-state index in [1.165, 1.54) is 11.3 Å². The molecule has 2 heterocycles. The van der Waals surface area contributed by atoms with E-state index in [2.05, 4.69) is 20.0 Å². The van der Waals surface area contributed by atoms with Gasteiger partial charge in [-0.05, 0) is 38.8 Å². The van der Waals surface area contributed by atoms with E-state index < -0.39 is 12.1 Å². The van der Waals surface area contributed by atoms with Crippen LogP contribution in [0.3, 0.4) is 0 Å². The fourth-order valence-corrected chi connectivity index (χ4v) is 3.10. The first-order chi connectivity index (χ1) is 11.7. The van der Waals surface area contributed by atoms with Gasteiger partial charge in [-0.15, -0.1) is 11.3 Å². The van der Waals surface area contributed by atoms with E-state index in [0.717, 1.165) is 17.7 Å². The summed E-state index contributed by atoms with van der Waals surface area (Å²) in [5.41, 5.74) is 0. The highest BCUT2D eigenvalue weighted by atomic mass is 32.1. The third-order valence-electron chi connectivity index (χ3n) is 3.67. The number of carbonyl (C=O) groups excluding carboxylic acids is 1. The molecule has 0 unspecified atom stereocenters. The first-order valence-corrected chi connectivity index (χ1v) is 8.63. The maximum absolute atomic E-state index is 12.5. The van der Waals surface area contributed by atoms with Gasteiger partial charge < -0.3 is 14.7 Å². The predicted molar refractivity (Wildman–Crippen MR) is 84.8 cm³/mol. The quantitative estimate of drug-likeness (QED) is 0.862. The van der Waals surface area contributed by atoms with E-state index in [4.69, 9.17) is 0 Å². The minimum atomic E-state index is -4.67. The number of amides is 2. The van der Waals surface area contributed by atoms with Crippen LogP contribution in [0, 0.1) is 0 Å². The molecule has 2 aromatic rings. The van der Waals surface area contributed by atoms with Gasteiger partial charge in [0.05, 0.1) is 11.4 Å². The van der Waals surface area contributed by atoms with Crippen LogP contribution >= 0.6 is 11.3 Å². The largest absolute Gasteiger partial charge is 0.471 e. The van der Waals surface area contributed by atoms with Crippen LogP contribution in [-0.4, -0.2) is 33.2 Å². The second-order valence-electron chi connectivity index (χ2n) is 6.13. The average Bonchev–Trinajstić information content (AvgIpc) is 3.03. The zero-order chi connectivity index (χ0) is 18.2. The molecule has 0 atom stereocenters. The van der Waals surface area contributed by atoms with Crippen molar-refractivity contribution in [2.24, 2.45) is 0 Å². The third-order valence-corrected chi connectivity index (χ3v) is 4.73. The van der Waals surface area contributed by atoms with Crippen molar-refractivity contribution in [2.45, 2.75) is 51.5 Å². The number of halogens is 3. The fraction of sp³-hybridized carbons (Fsp3) is 0.533. The van der Waals surface area contributed by atoms with Crippen molar-refractivity contribution in [3.8, 4) is 10.7 Å². The van der Waals surface area contributed by atoms with Gasteiger partial charge in [0.25, 0.3) is 0 Å². The fourth-order valence-electron chi connectivity index (χ4n) is 2.16. The number of hydrogen-bond donors (Lipinski definition) is 1. The zero-order valence-electron chi connectivity index (χ0n) is 13.6. The zero-order valence-corrected chi connectivity index (χ0v) is 14.4. The van der Waals surface area contributed by atoms with Gasteiger partial charge in [-0.1, -0.05) is 5.16 Å². The highest BCUT2D eigenvalue weighted by molar-refractivity contribution is 7.15. The molecule has 25 heavy (non-hydrogen) atoms. The second kappa shape index (κ2) is 6.66. The molecule has 0 bridgehead atoms. The molecule has 0 radical (unpaired) electrons. The third kappa shape index (κ3) is 4.30. The Kier molecular flexibility index (Phi) is 4.72. The molecule has 1 N–H and O–H groups in total. The maximum atomic E-state index is 12.5. The number of hydrogen-bond acceptors (Lipinski definition) is 5. The van der Waals surface area contributed by atoms with Crippen molar-refractivity contribution in [1.29, 1.82) is 0 Å². The average molecular weight is 374 g/mol. The Hall–Kier alpha value is -2.10. The van der Waals surface area contributed by atoms with Crippen LogP contribution in [0.15, 0.2) is 16.7 Å². The van der Waals surface area contributed by atoms with Crippen LogP contribution in [0.5, 0.6) is 0 Å². The first kappa shape index (κ1) is 17.7. The van der Waals surface area contributed by atoms with Gasteiger partial charge in [0, 0.05) is 17.0 Å². The summed E-state index contributed by atoms with van der Waals surface area (Å²) in [5, 5.41) is 6.32. The summed E-state index contributed by atoms with van der Waals surface area (Å²) < 4.78 is 41.9. The molecule has 3 rings (SSSR count). The molecule has 0 saturated heterocycles. The van der Waals surface area contributed by atoms with E-state index in [-0.39, 0.29) is 23.9 Å². The molecular weight excluding hydrogens is 357 g/mol. The van der Waals surface area contributed by atoms with Crippen molar-refractivity contribution < 1.29 is 22.5 Å². The molecule has 10 heteroatoms. The van der Waals surface area contributed by atoms with E-state index in [9.17, 15) is 18.0 Å². The number of thiophene rings is 1. The SMILES string of the molecule is CC(C)N(Cc1ccc(-c2noc(C(F)(F)F)n2)s1)C(=O)NC1CC1. The topological polar surface area (TPSA) is 71.3 Å². The van der Waals surface area contributed by atoms with Gasteiger partial charge in [0.1, 0.15) is 0 Å². The van der Waals surface area contributed by atoms with Gasteiger partial charge in [-0.3, -0.25) is 0 Å². The number of urea groups is 1. The minimum absolute atomic E-state index is 0.00805. The van der Waals surface area contributed by atoms with Crippen LogP contribution in [0.1, 0.15) is 37.5 Å². The van der Waals surface area contributed by atoms with Crippen molar-refractivity contribution in [3.63, 3.8) is 0 Å². The van der Waals surface area contributed by atoms with Crippen molar-refractivity contribution in [2.75, 3.05) is 0 Å². The number of rotatable bonds is 5. The minimum Gasteiger partial charge on any atom is -0.335 e. The van der Waals surface area contributed by atoms with Crippen LogP contribution in [0.4, 0.5) is 18.0 Å². The summed E-state index contributed by atoms with van der Waals surface area (Å²) in [7, 11) is 0. The summed E-state index contributed by atoms with van der Waals surface area (Å²) in [6.45, 7) is 4.19. The summed E-state index contributed by atoms with van der Waals surface area (Å²) in [6, 6.07) is 3.50. The Balaban J connectivity index is 1.71. The molecule has 2 aromatic heterocycles. The van der Waals surface area contributed by atoms with Crippen LogP contribution in [0.2, 0.25) is 0 Å². The first-order valence-electron chi connectivity index (χ1n) is 7.81. The number of aromatic nitrogens is 2. The smallest absolute Gasteiger partial charge is 0.335 e. The lowest BCUT2D eigenvalue weighted by Crippen LogP contribution is -2.44. The number of nitrogens with one attached hydrogen (secondary N) is 1. The van der Waals surface area contributed by atoms with E-state index in [1.54, 1.807) is 17.0 Å². The van der Waals surface area contributed by atoms with Crippen LogP contribution in [0.25, 0.3) is 10.7 Å². The summed E-state index contributed by atoms with van der Waals surface area (Å²) in [6.07, 6.45) is -2.67. The van der Waals surface area contributed by atoms with Crippen molar-refractivity contribution in [1.82, 2.24) is 20.4 Å². The van der Waals surface area contributed by atoms with Gasteiger partial charge in [-0.2, -0.15) is 18.2 Å². The van der Waals surface area contributed by atoms with Gasteiger partial charge in [0.15, 0.2) is 0 Å². The lowest BCUT2D eigenvalue weighted by Gasteiger charge is -2.26. The molecule has 1 aliphatic carbocycles. The standard InChI is InChI=1S/C15H17F3N4O2S/c1-8(2)22(14(23)19-9-3-4-9)7-10-5-6-11(25-10)12-20-13(24-21-12)15(16,17)18/h5-6,8-9H,3-4,7H2,1-2H3,(H,19,23). The monoisotopic (exact) mass is 374 g/mol. The molecule has 0 spiro atoms. The molecule has 1 saturated carbocycles. The lowest BCUT2D eigenvalue weighted by molar-refractivity contribution is -0.159. The van der Waals surface area contributed by atoms with E-state index in [0.29, 0.717) is 11.4 Å². The summed E-state index contributed by atoms with van der Waals surface area (Å²) in [5.74, 6) is -1.48. The van der Waals surface area contributed by atoms with Gasteiger partial charge in [-0.25, -0.2) is 4.79 Å². The van der Waals surface area contributed by atoms with Crippen LogP contribution in [-0.2, 0) is 12.7 Å². The molecule has 1 fully saturated rings. The number of nitrogens with zero attached hydrogens (tertiary/aromatic N) is 3. The summed E-state index contributed by atoms with van der Waals surface area (Å²) in [4.78, 5) is 18.6. The molecular formula is C15H17F3N4O2S. The number of carbonyl (C=O) groups is 1. The second-order valence-corrected chi connectivity index (χ2v) is 7.30. The Labute approximate surface area is 146 Å². The lowest BCUT2D eigenvalue weighted by atomic mass is 10.3. The van der Waals surface area contributed by atoms with Crippen molar-refractivity contribution >= 4 is 17.4 Å². The molecule has 1 aliphatic rings. The highest BCUT2D eigenvalue weighted by Crippen LogP contribution is 2.32. The molecule has 6 nitrogen and oxygen atoms in total. The summed E-state index contributed by atoms with van der Waals surface area (Å²) >= 11 is 1.23. The van der Waals surface area contributed by atoms with E-state index >= 15 is 0 Å². The van der Waals surface area contributed by atoms with Crippen LogP contribution < -0.4 is 5.32 Å². The molecule has 0 aliphatic heterocycles. The van der Waals surface area contributed by atoms with E-state index in [1.807, 2.05) is 13.8 Å². The molecule has 2 amide bonds. The number of alkyl halides is 3. The molecule has 136 valence electrons. The Bertz CT molecular complexity index is 752. The Morgan fingerprint density at radius 3 is 2.72 bits per heavy atom. The predicted octanol–water partition coefficient (Wildman–Crippen LogP) is 3.90.